The van der Waals surface area contributed by atoms with Gasteiger partial charge in [-0.25, -0.2) is 9.18 Å². The highest BCUT2D eigenvalue weighted by Crippen LogP contribution is 2.28. The maximum absolute atomic E-state index is 13.5. The van der Waals surface area contributed by atoms with Crippen molar-refractivity contribution in [1.82, 2.24) is 0 Å². The molecule has 1 N–H and O–H groups in total. The van der Waals surface area contributed by atoms with Crippen LogP contribution in [0, 0.1) is 5.82 Å². The summed E-state index contributed by atoms with van der Waals surface area (Å²) in [7, 11) is 0. The number of carbonyl (C=O) groups is 1. The molecule has 15 heavy (non-hydrogen) atoms. The van der Waals surface area contributed by atoms with E-state index in [4.69, 9.17) is 9.84 Å². The fourth-order valence-electron chi connectivity index (χ4n) is 1.13. The van der Waals surface area contributed by atoms with E-state index >= 15 is 0 Å². The molecule has 0 fully saturated rings. The van der Waals surface area contributed by atoms with Crippen LogP contribution in [0.25, 0.3) is 0 Å². The van der Waals surface area contributed by atoms with Gasteiger partial charge in [-0.15, -0.1) is 11.8 Å². The Morgan fingerprint density at radius 2 is 2.27 bits per heavy atom. The van der Waals surface area contributed by atoms with Gasteiger partial charge in [-0.05, 0) is 25.3 Å². The van der Waals surface area contributed by atoms with E-state index < -0.39 is 11.8 Å². The Morgan fingerprint density at radius 3 is 2.73 bits per heavy atom. The normalized spacial score (nSPS) is 10.1. The lowest BCUT2D eigenvalue weighted by Crippen LogP contribution is -2.03. The van der Waals surface area contributed by atoms with E-state index in [-0.39, 0.29) is 10.5 Å². The summed E-state index contributed by atoms with van der Waals surface area (Å²) in [6.07, 6.45) is 1.68. The first-order chi connectivity index (χ1) is 7.10. The zero-order valence-electron chi connectivity index (χ0n) is 8.41. The standard InChI is InChI=1S/C10H11FO3S/c1-3-14-6-4-7(10(12)13)9(11)8(5-6)15-2/h4-5H,3H2,1-2H3,(H,12,13). The van der Waals surface area contributed by atoms with Gasteiger partial charge in [0.25, 0.3) is 0 Å². The van der Waals surface area contributed by atoms with E-state index in [9.17, 15) is 9.18 Å². The highest BCUT2D eigenvalue weighted by molar-refractivity contribution is 7.98. The van der Waals surface area contributed by atoms with Crippen LogP contribution < -0.4 is 4.74 Å². The van der Waals surface area contributed by atoms with Crippen molar-refractivity contribution in [2.45, 2.75) is 11.8 Å². The van der Waals surface area contributed by atoms with Crippen molar-refractivity contribution in [2.24, 2.45) is 0 Å². The average molecular weight is 230 g/mol. The molecule has 1 aromatic carbocycles. The van der Waals surface area contributed by atoms with Gasteiger partial charge in [-0.1, -0.05) is 0 Å². The average Bonchev–Trinajstić information content (AvgIpc) is 2.20. The summed E-state index contributed by atoms with van der Waals surface area (Å²) >= 11 is 1.15. The van der Waals surface area contributed by atoms with Crippen LogP contribution in [0.4, 0.5) is 4.39 Å². The minimum Gasteiger partial charge on any atom is -0.494 e. The Labute approximate surface area is 91.2 Å². The molecule has 0 aliphatic rings. The Morgan fingerprint density at radius 1 is 1.60 bits per heavy atom. The van der Waals surface area contributed by atoms with Crippen molar-refractivity contribution < 1.29 is 19.0 Å². The maximum atomic E-state index is 13.5. The molecular weight excluding hydrogens is 219 g/mol. The molecule has 5 heteroatoms. The van der Waals surface area contributed by atoms with Gasteiger partial charge in [0.2, 0.25) is 0 Å². The van der Waals surface area contributed by atoms with Crippen molar-refractivity contribution >= 4 is 17.7 Å². The minimum absolute atomic E-state index is 0.276. The lowest BCUT2D eigenvalue weighted by atomic mass is 10.2. The smallest absolute Gasteiger partial charge is 0.338 e. The molecule has 0 bridgehead atoms. The summed E-state index contributed by atoms with van der Waals surface area (Å²) in [4.78, 5) is 11.0. The Hall–Kier alpha value is -1.23. The number of aromatic carboxylic acids is 1. The number of carboxylic acids is 1. The predicted octanol–water partition coefficient (Wildman–Crippen LogP) is 2.64. The van der Waals surface area contributed by atoms with Gasteiger partial charge in [0, 0.05) is 4.90 Å². The quantitative estimate of drug-likeness (QED) is 0.808. The molecule has 0 saturated heterocycles. The lowest BCUT2D eigenvalue weighted by Gasteiger charge is -2.08. The summed E-state index contributed by atoms with van der Waals surface area (Å²) in [5.41, 5.74) is -0.356. The SMILES string of the molecule is CCOc1cc(SC)c(F)c(C(=O)O)c1. The molecule has 0 spiro atoms. The van der Waals surface area contributed by atoms with Crippen LogP contribution in [0.3, 0.4) is 0 Å². The summed E-state index contributed by atoms with van der Waals surface area (Å²) < 4.78 is 18.6. The molecule has 0 heterocycles. The van der Waals surface area contributed by atoms with E-state index in [2.05, 4.69) is 0 Å². The number of thioether (sulfide) groups is 1. The van der Waals surface area contributed by atoms with E-state index in [1.54, 1.807) is 13.2 Å². The first-order valence-electron chi connectivity index (χ1n) is 4.33. The third kappa shape index (κ3) is 2.62. The second-order valence-electron chi connectivity index (χ2n) is 2.73. The van der Waals surface area contributed by atoms with Gasteiger partial charge >= 0.3 is 5.97 Å². The molecule has 0 aliphatic carbocycles. The summed E-state index contributed by atoms with van der Waals surface area (Å²) in [6.45, 7) is 2.20. The van der Waals surface area contributed by atoms with E-state index in [0.29, 0.717) is 12.4 Å². The van der Waals surface area contributed by atoms with E-state index in [0.717, 1.165) is 11.8 Å². The summed E-state index contributed by atoms with van der Waals surface area (Å²) in [5.74, 6) is -1.62. The van der Waals surface area contributed by atoms with Gasteiger partial charge in [0.1, 0.15) is 5.75 Å². The van der Waals surface area contributed by atoms with Gasteiger partial charge in [0.05, 0.1) is 12.2 Å². The predicted molar refractivity (Wildman–Crippen MR) is 56.3 cm³/mol. The van der Waals surface area contributed by atoms with Crippen LogP contribution in [0.15, 0.2) is 17.0 Å². The first kappa shape index (κ1) is 11.8. The molecule has 0 aliphatic heterocycles. The molecule has 0 radical (unpaired) electrons. The molecule has 3 nitrogen and oxygen atoms in total. The molecule has 0 amide bonds. The highest BCUT2D eigenvalue weighted by atomic mass is 32.2. The number of hydrogen-bond donors (Lipinski definition) is 1. The van der Waals surface area contributed by atoms with Crippen molar-refractivity contribution in [1.29, 1.82) is 0 Å². The topological polar surface area (TPSA) is 46.5 Å². The second-order valence-corrected chi connectivity index (χ2v) is 3.57. The second kappa shape index (κ2) is 5.02. The first-order valence-corrected chi connectivity index (χ1v) is 5.56. The van der Waals surface area contributed by atoms with Gasteiger partial charge < -0.3 is 9.84 Å². The number of ether oxygens (including phenoxy) is 1. The van der Waals surface area contributed by atoms with Crippen LogP contribution in [-0.4, -0.2) is 23.9 Å². The molecular formula is C10H11FO3S. The molecule has 0 atom stereocenters. The minimum atomic E-state index is -1.29. The van der Waals surface area contributed by atoms with Gasteiger partial charge in [-0.2, -0.15) is 0 Å². The van der Waals surface area contributed by atoms with Crippen LogP contribution >= 0.6 is 11.8 Å². The molecule has 0 saturated carbocycles. The monoisotopic (exact) mass is 230 g/mol. The summed E-state index contributed by atoms with van der Waals surface area (Å²) in [5, 5.41) is 8.77. The largest absolute Gasteiger partial charge is 0.494 e. The van der Waals surface area contributed by atoms with E-state index in [1.807, 2.05) is 0 Å². The van der Waals surface area contributed by atoms with Crippen molar-refractivity contribution in [3.8, 4) is 5.75 Å². The number of hydrogen-bond acceptors (Lipinski definition) is 3. The Balaban J connectivity index is 3.25. The molecule has 0 unspecified atom stereocenters. The zero-order chi connectivity index (χ0) is 11.4. The van der Waals surface area contributed by atoms with Crippen LogP contribution in [-0.2, 0) is 0 Å². The van der Waals surface area contributed by atoms with Crippen LogP contribution in [0.1, 0.15) is 17.3 Å². The van der Waals surface area contributed by atoms with Crippen molar-refractivity contribution in [3.63, 3.8) is 0 Å². The number of rotatable bonds is 4. The lowest BCUT2D eigenvalue weighted by molar-refractivity contribution is 0.0690. The maximum Gasteiger partial charge on any atom is 0.338 e. The Bertz CT molecular complexity index is 379. The molecule has 1 rings (SSSR count). The fraction of sp³-hybridized carbons (Fsp3) is 0.300. The zero-order valence-corrected chi connectivity index (χ0v) is 9.23. The third-order valence-electron chi connectivity index (χ3n) is 1.77. The van der Waals surface area contributed by atoms with Crippen LogP contribution in [0.5, 0.6) is 5.75 Å². The summed E-state index contributed by atoms with van der Waals surface area (Å²) in [6, 6.07) is 2.69. The number of benzene rings is 1. The number of carboxylic acid groups (broad SMARTS) is 1. The molecule has 82 valence electrons. The van der Waals surface area contributed by atoms with Crippen molar-refractivity contribution in [3.05, 3.63) is 23.5 Å². The third-order valence-corrected chi connectivity index (χ3v) is 2.51. The molecule has 0 aromatic heterocycles. The Kier molecular flexibility index (Phi) is 3.96. The number of halogens is 1. The van der Waals surface area contributed by atoms with E-state index in [1.165, 1.54) is 12.1 Å². The fourth-order valence-corrected chi connectivity index (χ4v) is 1.65. The van der Waals surface area contributed by atoms with Gasteiger partial charge in [-0.3, -0.25) is 0 Å². The van der Waals surface area contributed by atoms with Crippen molar-refractivity contribution in [2.75, 3.05) is 12.9 Å². The molecule has 1 aromatic rings. The van der Waals surface area contributed by atoms with Crippen LogP contribution in [0.2, 0.25) is 0 Å². The van der Waals surface area contributed by atoms with Gasteiger partial charge in [0.15, 0.2) is 5.82 Å². The highest BCUT2D eigenvalue weighted by Gasteiger charge is 2.16.